The molecule has 1 saturated heterocycles. The van der Waals surface area contributed by atoms with E-state index in [-0.39, 0.29) is 0 Å². The first-order chi connectivity index (χ1) is 8.54. The number of ether oxygens (including phenoxy) is 1. The summed E-state index contributed by atoms with van der Waals surface area (Å²) in [5.74, 6) is 0.906. The van der Waals surface area contributed by atoms with E-state index < -0.39 is 0 Å². The van der Waals surface area contributed by atoms with Crippen LogP contribution in [0.15, 0.2) is 0 Å². The zero-order valence-corrected chi connectivity index (χ0v) is 12.6. The lowest BCUT2D eigenvalue weighted by Gasteiger charge is -2.52. The van der Waals surface area contributed by atoms with E-state index in [4.69, 9.17) is 4.74 Å². The third-order valence-corrected chi connectivity index (χ3v) is 5.17. The van der Waals surface area contributed by atoms with E-state index in [9.17, 15) is 0 Å². The van der Waals surface area contributed by atoms with Crippen LogP contribution in [0.25, 0.3) is 0 Å². The molecule has 3 heteroatoms. The summed E-state index contributed by atoms with van der Waals surface area (Å²) in [6.45, 7) is 11.5. The Morgan fingerprint density at radius 3 is 2.61 bits per heavy atom. The van der Waals surface area contributed by atoms with Gasteiger partial charge in [0, 0.05) is 44.4 Å². The van der Waals surface area contributed by atoms with E-state index in [1.807, 2.05) is 0 Å². The van der Waals surface area contributed by atoms with E-state index in [1.54, 1.807) is 7.11 Å². The molecule has 2 rings (SSSR count). The highest BCUT2D eigenvalue weighted by Gasteiger charge is 2.48. The lowest BCUT2D eigenvalue weighted by Crippen LogP contribution is -2.68. The Kier molecular flexibility index (Phi) is 4.35. The highest BCUT2D eigenvalue weighted by atomic mass is 16.5. The molecule has 3 nitrogen and oxygen atoms in total. The van der Waals surface area contributed by atoms with Gasteiger partial charge in [0.15, 0.2) is 0 Å². The van der Waals surface area contributed by atoms with Crippen LogP contribution in [0.1, 0.15) is 46.5 Å². The van der Waals surface area contributed by atoms with E-state index in [2.05, 4.69) is 31.0 Å². The zero-order chi connectivity index (χ0) is 13.2. The molecule has 0 bridgehead atoms. The Bertz CT molecular complexity index is 280. The van der Waals surface area contributed by atoms with Gasteiger partial charge in [-0.25, -0.2) is 0 Å². The predicted molar refractivity (Wildman–Crippen MR) is 75.9 cm³/mol. The van der Waals surface area contributed by atoms with Gasteiger partial charge in [0.25, 0.3) is 0 Å². The minimum Gasteiger partial charge on any atom is -0.385 e. The third-order valence-electron chi connectivity index (χ3n) is 5.17. The Morgan fingerprint density at radius 1 is 1.33 bits per heavy atom. The largest absolute Gasteiger partial charge is 0.385 e. The first-order valence-corrected chi connectivity index (χ1v) is 7.53. The monoisotopic (exact) mass is 254 g/mol. The van der Waals surface area contributed by atoms with Crippen LogP contribution in [0, 0.1) is 5.92 Å². The number of methoxy groups -OCH3 is 1. The summed E-state index contributed by atoms with van der Waals surface area (Å²) in [5, 5.41) is 3.85. The van der Waals surface area contributed by atoms with E-state index >= 15 is 0 Å². The second-order valence-electron chi connectivity index (χ2n) is 6.66. The topological polar surface area (TPSA) is 24.5 Å². The third kappa shape index (κ3) is 2.89. The summed E-state index contributed by atoms with van der Waals surface area (Å²) in [4.78, 5) is 2.71. The molecule has 0 radical (unpaired) electrons. The van der Waals surface area contributed by atoms with Gasteiger partial charge < -0.3 is 10.1 Å². The van der Waals surface area contributed by atoms with Crippen molar-refractivity contribution >= 4 is 0 Å². The minimum atomic E-state index is 0.322. The molecule has 1 N–H and O–H groups in total. The molecule has 18 heavy (non-hydrogen) atoms. The van der Waals surface area contributed by atoms with Crippen LogP contribution in [-0.2, 0) is 4.74 Å². The quantitative estimate of drug-likeness (QED) is 0.736. The van der Waals surface area contributed by atoms with E-state index in [0.29, 0.717) is 11.1 Å². The highest BCUT2D eigenvalue weighted by Crippen LogP contribution is 2.42. The number of rotatable bonds is 6. The molecule has 0 aromatic rings. The smallest absolute Gasteiger partial charge is 0.0474 e. The number of nitrogens with zero attached hydrogens (tertiary/aromatic N) is 1. The van der Waals surface area contributed by atoms with Crippen LogP contribution < -0.4 is 5.32 Å². The van der Waals surface area contributed by atoms with Crippen LogP contribution in [0.5, 0.6) is 0 Å². The van der Waals surface area contributed by atoms with E-state index in [1.165, 1.54) is 32.4 Å². The van der Waals surface area contributed by atoms with Crippen molar-refractivity contribution in [3.05, 3.63) is 0 Å². The van der Waals surface area contributed by atoms with Crippen LogP contribution in [-0.4, -0.2) is 49.3 Å². The molecule has 2 fully saturated rings. The van der Waals surface area contributed by atoms with Gasteiger partial charge in [-0.05, 0) is 45.4 Å². The van der Waals surface area contributed by atoms with Crippen molar-refractivity contribution in [3.63, 3.8) is 0 Å². The van der Waals surface area contributed by atoms with Gasteiger partial charge in [-0.15, -0.1) is 0 Å². The molecule has 0 spiro atoms. The van der Waals surface area contributed by atoms with Crippen LogP contribution in [0.2, 0.25) is 0 Å². The molecular formula is C15H30N2O. The maximum absolute atomic E-state index is 5.20. The molecule has 2 atom stereocenters. The maximum Gasteiger partial charge on any atom is 0.0474 e. The van der Waals surface area contributed by atoms with Crippen LogP contribution >= 0.6 is 0 Å². The Morgan fingerprint density at radius 2 is 2.06 bits per heavy atom. The second-order valence-corrected chi connectivity index (χ2v) is 6.66. The number of hydrogen-bond donors (Lipinski definition) is 1. The van der Waals surface area contributed by atoms with Gasteiger partial charge in [-0.2, -0.15) is 0 Å². The van der Waals surface area contributed by atoms with Gasteiger partial charge >= 0.3 is 0 Å². The molecule has 0 amide bonds. The van der Waals surface area contributed by atoms with Crippen molar-refractivity contribution in [3.8, 4) is 0 Å². The molecule has 1 aliphatic heterocycles. The molecule has 1 aliphatic carbocycles. The highest BCUT2D eigenvalue weighted by molar-refractivity contribution is 5.07. The number of piperazine rings is 1. The fourth-order valence-electron chi connectivity index (χ4n) is 3.24. The first kappa shape index (κ1) is 14.3. The lowest BCUT2D eigenvalue weighted by atomic mass is 9.84. The molecule has 1 heterocycles. The van der Waals surface area contributed by atoms with Crippen LogP contribution in [0.3, 0.4) is 0 Å². The number of nitrogens with one attached hydrogen (secondary N) is 1. The van der Waals surface area contributed by atoms with Crippen molar-refractivity contribution < 1.29 is 4.74 Å². The lowest BCUT2D eigenvalue weighted by molar-refractivity contribution is 0.00558. The van der Waals surface area contributed by atoms with Crippen molar-refractivity contribution in [2.45, 2.75) is 57.5 Å². The van der Waals surface area contributed by atoms with Crippen LogP contribution in [0.4, 0.5) is 0 Å². The summed E-state index contributed by atoms with van der Waals surface area (Å²) in [5.41, 5.74) is 0.671. The molecule has 2 unspecified atom stereocenters. The number of hydrogen-bond acceptors (Lipinski definition) is 3. The van der Waals surface area contributed by atoms with Gasteiger partial charge in [0.1, 0.15) is 0 Å². The summed E-state index contributed by atoms with van der Waals surface area (Å²) in [7, 11) is 1.80. The predicted octanol–water partition coefficient (Wildman–Crippen LogP) is 2.27. The molecule has 106 valence electrons. The molecular weight excluding hydrogens is 224 g/mol. The molecule has 0 aromatic heterocycles. The average Bonchev–Trinajstić information content (AvgIpc) is 3.19. The zero-order valence-electron chi connectivity index (χ0n) is 12.6. The molecule has 0 aromatic carbocycles. The summed E-state index contributed by atoms with van der Waals surface area (Å²) >= 11 is 0. The van der Waals surface area contributed by atoms with E-state index in [0.717, 1.165) is 25.5 Å². The Labute approximate surface area is 112 Å². The molecule has 1 saturated carbocycles. The SMILES string of the molecule is CCC1(C)CNC(C)(C2CC2)CN1CCCOC. The van der Waals surface area contributed by atoms with Gasteiger partial charge in [0.05, 0.1) is 0 Å². The summed E-state index contributed by atoms with van der Waals surface area (Å²) in [6, 6.07) is 0. The van der Waals surface area contributed by atoms with Gasteiger partial charge in [-0.1, -0.05) is 6.92 Å². The minimum absolute atomic E-state index is 0.322. The Hall–Kier alpha value is -0.120. The van der Waals surface area contributed by atoms with Gasteiger partial charge in [0.2, 0.25) is 0 Å². The first-order valence-electron chi connectivity index (χ1n) is 7.53. The van der Waals surface area contributed by atoms with Gasteiger partial charge in [-0.3, -0.25) is 4.90 Å². The second kappa shape index (κ2) is 5.48. The molecule has 2 aliphatic rings. The fraction of sp³-hybridized carbons (Fsp3) is 1.00. The average molecular weight is 254 g/mol. The summed E-state index contributed by atoms with van der Waals surface area (Å²) < 4.78 is 5.20. The normalized spacial score (nSPS) is 38.0. The van der Waals surface area contributed by atoms with Crippen molar-refractivity contribution in [2.75, 3.05) is 33.4 Å². The van der Waals surface area contributed by atoms with Crippen molar-refractivity contribution in [2.24, 2.45) is 5.92 Å². The summed E-state index contributed by atoms with van der Waals surface area (Å²) in [6.07, 6.45) is 5.19. The standard InChI is InChI=1S/C15H30N2O/c1-5-14(2)11-16-15(3,13-7-8-13)12-17(14)9-6-10-18-4/h13,16H,5-12H2,1-4H3. The maximum atomic E-state index is 5.20. The fourth-order valence-corrected chi connectivity index (χ4v) is 3.24. The van der Waals surface area contributed by atoms with Crippen molar-refractivity contribution in [1.29, 1.82) is 0 Å². The van der Waals surface area contributed by atoms with Crippen molar-refractivity contribution in [1.82, 2.24) is 10.2 Å². The Balaban J connectivity index is 1.98.